The molecule has 1 aromatic rings. The molecule has 4 atom stereocenters. The first-order valence-corrected chi connectivity index (χ1v) is 8.81. The van der Waals surface area contributed by atoms with Crippen molar-refractivity contribution in [3.63, 3.8) is 0 Å². The number of hydrogen-bond donors (Lipinski definition) is 1. The Morgan fingerprint density at radius 1 is 1.11 bits per heavy atom. The molecule has 0 radical (unpaired) electrons. The molecule has 0 saturated heterocycles. The van der Waals surface area contributed by atoms with Gasteiger partial charge in [0.1, 0.15) is 0 Å². The highest BCUT2D eigenvalue weighted by Gasteiger charge is 2.28. The van der Waals surface area contributed by atoms with Crippen LogP contribution in [0.5, 0.6) is 0 Å². The Morgan fingerprint density at radius 2 is 1.95 bits per heavy atom. The van der Waals surface area contributed by atoms with E-state index in [1.165, 1.54) is 36.3 Å². The minimum atomic E-state index is 0.570. The second-order valence-electron chi connectivity index (χ2n) is 6.40. The summed E-state index contributed by atoms with van der Waals surface area (Å²) in [5.41, 5.74) is 3.08. The van der Waals surface area contributed by atoms with E-state index >= 15 is 0 Å². The van der Waals surface area contributed by atoms with Gasteiger partial charge < -0.3 is 5.32 Å². The molecule has 1 fully saturated rings. The zero-order valence-electron chi connectivity index (χ0n) is 12.1. The Hall–Kier alpha value is -0.470. The molecule has 104 valence electrons. The van der Waals surface area contributed by atoms with Crippen LogP contribution in [0.1, 0.15) is 50.3 Å². The summed E-state index contributed by atoms with van der Waals surface area (Å²) in [6, 6.07) is 10.3. The first-order chi connectivity index (χ1) is 9.24. The van der Waals surface area contributed by atoms with Crippen molar-refractivity contribution in [3.05, 3.63) is 35.4 Å². The molecule has 1 aliphatic carbocycles. The van der Waals surface area contributed by atoms with Crippen LogP contribution in [0.25, 0.3) is 0 Å². The molecule has 19 heavy (non-hydrogen) atoms. The van der Waals surface area contributed by atoms with Crippen LogP contribution in [0, 0.1) is 11.8 Å². The summed E-state index contributed by atoms with van der Waals surface area (Å²) >= 11 is 2.07. The van der Waals surface area contributed by atoms with Crippen LogP contribution in [0.4, 0.5) is 0 Å². The van der Waals surface area contributed by atoms with Crippen molar-refractivity contribution in [2.75, 3.05) is 5.75 Å². The van der Waals surface area contributed by atoms with Gasteiger partial charge in [-0.1, -0.05) is 38.1 Å². The number of thioether (sulfide) groups is 1. The number of benzene rings is 1. The van der Waals surface area contributed by atoms with Crippen LogP contribution < -0.4 is 5.32 Å². The molecule has 1 aromatic carbocycles. The molecule has 2 heteroatoms. The topological polar surface area (TPSA) is 12.0 Å². The molecule has 0 bridgehead atoms. The van der Waals surface area contributed by atoms with E-state index in [1.807, 2.05) is 0 Å². The van der Waals surface area contributed by atoms with E-state index in [4.69, 9.17) is 0 Å². The van der Waals surface area contributed by atoms with E-state index in [0.717, 1.165) is 17.9 Å². The Balaban J connectivity index is 1.68. The lowest BCUT2D eigenvalue weighted by molar-refractivity contribution is 0.217. The Labute approximate surface area is 121 Å². The van der Waals surface area contributed by atoms with Crippen LogP contribution in [-0.2, 0) is 5.75 Å². The van der Waals surface area contributed by atoms with Crippen molar-refractivity contribution in [1.82, 2.24) is 5.32 Å². The maximum Gasteiger partial charge on any atom is 0.0417 e. The maximum atomic E-state index is 3.94. The summed E-state index contributed by atoms with van der Waals surface area (Å²) < 4.78 is 0. The molecule has 1 nitrogen and oxygen atoms in total. The lowest BCUT2D eigenvalue weighted by atomic mass is 9.79. The smallest absolute Gasteiger partial charge is 0.0417 e. The molecule has 0 spiro atoms. The number of hydrogen-bond acceptors (Lipinski definition) is 2. The second kappa shape index (κ2) is 5.88. The lowest BCUT2D eigenvalue weighted by Gasteiger charge is -2.36. The van der Waals surface area contributed by atoms with E-state index in [2.05, 4.69) is 55.2 Å². The monoisotopic (exact) mass is 275 g/mol. The Bertz CT molecular complexity index is 431. The fourth-order valence-electron chi connectivity index (χ4n) is 3.50. The molecule has 2 aliphatic rings. The number of nitrogens with one attached hydrogen (secondary N) is 1. The third-order valence-corrected chi connectivity index (χ3v) is 6.09. The van der Waals surface area contributed by atoms with Gasteiger partial charge in [0.25, 0.3) is 0 Å². The average Bonchev–Trinajstić information content (AvgIpc) is 2.43. The van der Waals surface area contributed by atoms with E-state index in [1.54, 1.807) is 5.56 Å². The SMILES string of the molecule is CC1CCC(NC2CSCc3ccccc32)CC1C. The minimum absolute atomic E-state index is 0.570. The van der Waals surface area contributed by atoms with Crippen LogP contribution in [0.2, 0.25) is 0 Å². The molecule has 1 saturated carbocycles. The van der Waals surface area contributed by atoms with Crippen LogP contribution in [0.3, 0.4) is 0 Å². The van der Waals surface area contributed by atoms with Gasteiger partial charge in [-0.05, 0) is 42.2 Å². The number of rotatable bonds is 2. The van der Waals surface area contributed by atoms with E-state index in [9.17, 15) is 0 Å². The third kappa shape index (κ3) is 3.00. The normalized spacial score (nSPS) is 34.8. The lowest BCUT2D eigenvalue weighted by Crippen LogP contribution is -2.40. The standard InChI is InChI=1S/C17H25NS/c1-12-7-8-15(9-13(12)2)18-17-11-19-10-14-5-3-4-6-16(14)17/h3-6,12-13,15,17-18H,7-11H2,1-2H3. The predicted molar refractivity (Wildman–Crippen MR) is 84.4 cm³/mol. The highest BCUT2D eigenvalue weighted by Crippen LogP contribution is 2.35. The molecule has 1 N–H and O–H groups in total. The van der Waals surface area contributed by atoms with Gasteiger partial charge in [-0.3, -0.25) is 0 Å². The third-order valence-electron chi connectivity index (χ3n) is 5.01. The highest BCUT2D eigenvalue weighted by molar-refractivity contribution is 7.98. The molecule has 0 aromatic heterocycles. The molecule has 1 heterocycles. The van der Waals surface area contributed by atoms with Crippen LogP contribution in [0.15, 0.2) is 24.3 Å². The van der Waals surface area contributed by atoms with Crippen LogP contribution >= 0.6 is 11.8 Å². The van der Waals surface area contributed by atoms with Crippen molar-refractivity contribution in [2.45, 2.75) is 50.9 Å². The molecular formula is C17H25NS. The van der Waals surface area contributed by atoms with Gasteiger partial charge in [0.15, 0.2) is 0 Å². The van der Waals surface area contributed by atoms with Crippen molar-refractivity contribution in [1.29, 1.82) is 0 Å². The van der Waals surface area contributed by atoms with Gasteiger partial charge in [0.05, 0.1) is 0 Å². The largest absolute Gasteiger partial charge is 0.306 e. The first kappa shape index (κ1) is 13.5. The maximum absolute atomic E-state index is 3.94. The molecule has 0 amide bonds. The van der Waals surface area contributed by atoms with Gasteiger partial charge in [-0.25, -0.2) is 0 Å². The summed E-state index contributed by atoms with van der Waals surface area (Å²) in [6.07, 6.45) is 4.10. The molecule has 3 rings (SSSR count). The van der Waals surface area contributed by atoms with E-state index < -0.39 is 0 Å². The fraction of sp³-hybridized carbons (Fsp3) is 0.647. The van der Waals surface area contributed by atoms with Gasteiger partial charge in [-0.15, -0.1) is 0 Å². The minimum Gasteiger partial charge on any atom is -0.306 e. The fourth-order valence-corrected chi connectivity index (χ4v) is 4.62. The average molecular weight is 275 g/mol. The summed E-state index contributed by atoms with van der Waals surface area (Å²) in [6.45, 7) is 4.83. The zero-order valence-corrected chi connectivity index (χ0v) is 12.9. The van der Waals surface area contributed by atoms with Crippen LogP contribution in [-0.4, -0.2) is 11.8 Å². The Morgan fingerprint density at radius 3 is 2.79 bits per heavy atom. The summed E-state index contributed by atoms with van der Waals surface area (Å²) in [4.78, 5) is 0. The van der Waals surface area contributed by atoms with Gasteiger partial charge in [-0.2, -0.15) is 11.8 Å². The summed E-state index contributed by atoms with van der Waals surface area (Å²) in [5.74, 6) is 4.20. The van der Waals surface area contributed by atoms with Gasteiger partial charge in [0.2, 0.25) is 0 Å². The summed E-state index contributed by atoms with van der Waals surface area (Å²) in [5, 5.41) is 3.94. The number of fused-ring (bicyclic) bond motifs is 1. The van der Waals surface area contributed by atoms with Gasteiger partial charge >= 0.3 is 0 Å². The first-order valence-electron chi connectivity index (χ1n) is 7.65. The zero-order chi connectivity index (χ0) is 13.2. The molecule has 1 aliphatic heterocycles. The summed E-state index contributed by atoms with van der Waals surface area (Å²) in [7, 11) is 0. The molecular weight excluding hydrogens is 250 g/mol. The van der Waals surface area contributed by atoms with Crippen molar-refractivity contribution in [3.8, 4) is 0 Å². The van der Waals surface area contributed by atoms with E-state index in [-0.39, 0.29) is 0 Å². The predicted octanol–water partition coefficient (Wildman–Crippen LogP) is 4.39. The van der Waals surface area contributed by atoms with Crippen molar-refractivity contribution in [2.24, 2.45) is 11.8 Å². The van der Waals surface area contributed by atoms with Crippen molar-refractivity contribution >= 4 is 11.8 Å². The highest BCUT2D eigenvalue weighted by atomic mass is 32.2. The van der Waals surface area contributed by atoms with E-state index in [0.29, 0.717) is 6.04 Å². The second-order valence-corrected chi connectivity index (χ2v) is 7.43. The Kier molecular flexibility index (Phi) is 4.18. The quantitative estimate of drug-likeness (QED) is 0.859. The van der Waals surface area contributed by atoms with Gasteiger partial charge in [0, 0.05) is 23.6 Å². The van der Waals surface area contributed by atoms with Crippen molar-refractivity contribution < 1.29 is 0 Å². The molecule has 4 unspecified atom stereocenters.